The third-order valence-corrected chi connectivity index (χ3v) is 4.43. The number of hydrogen-bond donors (Lipinski definition) is 2. The van der Waals surface area contributed by atoms with E-state index in [0.717, 1.165) is 0 Å². The molecule has 0 bridgehead atoms. The number of hydrazone groups is 1. The minimum Gasteiger partial charge on any atom is -0.340 e. The summed E-state index contributed by atoms with van der Waals surface area (Å²) in [5.74, 6) is -0.961. The maximum absolute atomic E-state index is 12.2. The van der Waals surface area contributed by atoms with E-state index < -0.39 is 22.8 Å². The van der Waals surface area contributed by atoms with Crippen molar-refractivity contribution in [3.05, 3.63) is 73.2 Å². The van der Waals surface area contributed by atoms with Crippen LogP contribution >= 0.6 is 27.5 Å². The number of benzene rings is 2. The molecule has 27 heavy (non-hydrogen) atoms. The third-order valence-electron chi connectivity index (χ3n) is 3.41. The van der Waals surface area contributed by atoms with E-state index in [1.54, 1.807) is 24.3 Å². The normalized spacial score (nSPS) is 11.8. The fraction of sp³-hybridized carbons (Fsp3) is 0.118. The number of nitro benzene ring substituents is 1. The molecule has 8 nitrogen and oxygen atoms in total. The van der Waals surface area contributed by atoms with Crippen LogP contribution in [-0.4, -0.2) is 29.0 Å². The van der Waals surface area contributed by atoms with Crippen LogP contribution in [0.5, 0.6) is 0 Å². The third kappa shape index (κ3) is 5.60. The number of halogens is 2. The average molecular weight is 454 g/mol. The quantitative estimate of drug-likeness (QED) is 0.397. The zero-order valence-corrected chi connectivity index (χ0v) is 16.3. The summed E-state index contributed by atoms with van der Waals surface area (Å²) in [6.45, 7) is 1.51. The molecule has 0 heterocycles. The van der Waals surface area contributed by atoms with Crippen LogP contribution in [0, 0.1) is 10.1 Å². The number of nitrogens with one attached hydrogen (secondary N) is 2. The molecule has 0 radical (unpaired) electrons. The van der Waals surface area contributed by atoms with Crippen molar-refractivity contribution in [1.29, 1.82) is 0 Å². The Balaban J connectivity index is 1.96. The van der Waals surface area contributed by atoms with Gasteiger partial charge in [0, 0.05) is 16.1 Å². The first-order valence-corrected chi connectivity index (χ1v) is 8.79. The van der Waals surface area contributed by atoms with Crippen molar-refractivity contribution in [3.8, 4) is 0 Å². The second kappa shape index (κ2) is 9.24. The summed E-state index contributed by atoms with van der Waals surface area (Å²) < 4.78 is 0.609. The lowest BCUT2D eigenvalue weighted by atomic mass is 10.2. The molecule has 2 aromatic carbocycles. The summed E-state index contributed by atoms with van der Waals surface area (Å²) in [5, 5.41) is 17.2. The summed E-state index contributed by atoms with van der Waals surface area (Å²) in [7, 11) is 0. The van der Waals surface area contributed by atoms with Crippen LogP contribution in [-0.2, 0) is 4.79 Å². The number of carbonyl (C=O) groups excluding carboxylic acids is 2. The molecule has 2 N–H and O–H groups in total. The molecule has 1 atom stereocenters. The molecule has 140 valence electrons. The summed E-state index contributed by atoms with van der Waals surface area (Å²) in [6.07, 6.45) is 1.24. The van der Waals surface area contributed by atoms with Gasteiger partial charge in [-0.3, -0.25) is 19.7 Å². The molecule has 0 fully saturated rings. The van der Waals surface area contributed by atoms with Gasteiger partial charge in [-0.1, -0.05) is 29.8 Å². The predicted molar refractivity (Wildman–Crippen MR) is 105 cm³/mol. The first-order chi connectivity index (χ1) is 12.8. The van der Waals surface area contributed by atoms with Gasteiger partial charge in [-0.05, 0) is 41.1 Å². The fourth-order valence-corrected chi connectivity index (χ4v) is 2.65. The second-order valence-corrected chi connectivity index (χ2v) is 6.64. The fourth-order valence-electron chi connectivity index (χ4n) is 2.00. The standard InChI is InChI=1S/C17H14BrClN4O4/c1-10(21-17(25)12-4-2-3-5-13(12)18)16(24)22-20-9-11-6-7-14(19)15(8-11)23(26)27/h2-10H,1H3,(H,21,25)(H,22,24). The first-order valence-electron chi connectivity index (χ1n) is 7.62. The van der Waals surface area contributed by atoms with E-state index in [1.807, 2.05) is 0 Å². The monoisotopic (exact) mass is 452 g/mol. The Morgan fingerprint density at radius 2 is 2.00 bits per heavy atom. The number of amides is 2. The lowest BCUT2D eigenvalue weighted by molar-refractivity contribution is -0.384. The molecular formula is C17H14BrClN4O4. The molecule has 0 saturated heterocycles. The maximum atomic E-state index is 12.2. The van der Waals surface area contributed by atoms with Crippen LogP contribution in [0.25, 0.3) is 0 Å². The lowest BCUT2D eigenvalue weighted by Crippen LogP contribution is -2.43. The van der Waals surface area contributed by atoms with Crippen molar-refractivity contribution in [2.45, 2.75) is 13.0 Å². The SMILES string of the molecule is CC(NC(=O)c1ccccc1Br)C(=O)NN=Cc1ccc(Cl)c([N+](=O)[O-])c1. The Hall–Kier alpha value is -2.78. The van der Waals surface area contributed by atoms with Gasteiger partial charge in [0.1, 0.15) is 11.1 Å². The van der Waals surface area contributed by atoms with E-state index in [2.05, 4.69) is 31.8 Å². The van der Waals surface area contributed by atoms with Crippen LogP contribution in [0.2, 0.25) is 5.02 Å². The van der Waals surface area contributed by atoms with Crippen molar-refractivity contribution >= 4 is 51.2 Å². The number of nitro groups is 1. The average Bonchev–Trinajstić information content (AvgIpc) is 2.62. The predicted octanol–water partition coefficient (Wildman–Crippen LogP) is 3.28. The molecule has 0 saturated carbocycles. The largest absolute Gasteiger partial charge is 0.340 e. The molecule has 0 aliphatic carbocycles. The van der Waals surface area contributed by atoms with Gasteiger partial charge in [-0.2, -0.15) is 5.10 Å². The number of hydrogen-bond acceptors (Lipinski definition) is 5. The van der Waals surface area contributed by atoms with Gasteiger partial charge in [0.25, 0.3) is 17.5 Å². The van der Waals surface area contributed by atoms with Gasteiger partial charge in [-0.15, -0.1) is 0 Å². The van der Waals surface area contributed by atoms with Crippen molar-refractivity contribution in [3.63, 3.8) is 0 Å². The zero-order valence-electron chi connectivity index (χ0n) is 14.0. The molecule has 0 spiro atoms. The Bertz CT molecular complexity index is 920. The van der Waals surface area contributed by atoms with Crippen LogP contribution in [0.1, 0.15) is 22.8 Å². The topological polar surface area (TPSA) is 114 Å². The van der Waals surface area contributed by atoms with Crippen molar-refractivity contribution in [1.82, 2.24) is 10.7 Å². The molecule has 1 unspecified atom stereocenters. The van der Waals surface area contributed by atoms with Gasteiger partial charge >= 0.3 is 0 Å². The highest BCUT2D eigenvalue weighted by molar-refractivity contribution is 9.10. The molecule has 0 aliphatic heterocycles. The molecule has 0 aromatic heterocycles. The molecule has 2 rings (SSSR count). The van der Waals surface area contributed by atoms with Gasteiger partial charge in [0.05, 0.1) is 16.7 Å². The van der Waals surface area contributed by atoms with E-state index in [0.29, 0.717) is 15.6 Å². The highest BCUT2D eigenvalue weighted by Gasteiger charge is 2.17. The highest BCUT2D eigenvalue weighted by Crippen LogP contribution is 2.24. The molecule has 10 heteroatoms. The molecule has 2 aromatic rings. The van der Waals surface area contributed by atoms with Crippen molar-refractivity contribution in [2.75, 3.05) is 0 Å². The van der Waals surface area contributed by atoms with E-state index in [1.165, 1.54) is 31.3 Å². The van der Waals surface area contributed by atoms with E-state index >= 15 is 0 Å². The van der Waals surface area contributed by atoms with Crippen LogP contribution in [0.15, 0.2) is 52.0 Å². The molecular weight excluding hydrogens is 440 g/mol. The van der Waals surface area contributed by atoms with Crippen LogP contribution in [0.3, 0.4) is 0 Å². The minimum absolute atomic E-state index is 0.00425. The van der Waals surface area contributed by atoms with E-state index in [9.17, 15) is 19.7 Å². The van der Waals surface area contributed by atoms with Crippen LogP contribution < -0.4 is 10.7 Å². The maximum Gasteiger partial charge on any atom is 0.288 e. The summed E-state index contributed by atoms with van der Waals surface area (Å²) in [6, 6.07) is 10.1. The lowest BCUT2D eigenvalue weighted by Gasteiger charge is -2.12. The Morgan fingerprint density at radius 3 is 2.67 bits per heavy atom. The van der Waals surface area contributed by atoms with Crippen LogP contribution in [0.4, 0.5) is 5.69 Å². The van der Waals surface area contributed by atoms with Crippen molar-refractivity contribution in [2.24, 2.45) is 5.10 Å². The Morgan fingerprint density at radius 1 is 1.30 bits per heavy atom. The van der Waals surface area contributed by atoms with Gasteiger partial charge in [0.2, 0.25) is 0 Å². The number of nitrogens with zero attached hydrogens (tertiary/aromatic N) is 2. The Kier molecular flexibility index (Phi) is 7.03. The first kappa shape index (κ1) is 20.5. The second-order valence-electron chi connectivity index (χ2n) is 5.38. The van der Waals surface area contributed by atoms with Gasteiger partial charge in [0.15, 0.2) is 0 Å². The van der Waals surface area contributed by atoms with Crippen molar-refractivity contribution < 1.29 is 14.5 Å². The zero-order chi connectivity index (χ0) is 20.0. The summed E-state index contributed by atoms with van der Waals surface area (Å²) in [5.41, 5.74) is 2.79. The number of rotatable bonds is 6. The summed E-state index contributed by atoms with van der Waals surface area (Å²) in [4.78, 5) is 34.4. The highest BCUT2D eigenvalue weighted by atomic mass is 79.9. The summed E-state index contributed by atoms with van der Waals surface area (Å²) >= 11 is 9.00. The smallest absolute Gasteiger partial charge is 0.288 e. The van der Waals surface area contributed by atoms with Gasteiger partial charge < -0.3 is 5.32 Å². The minimum atomic E-state index is -0.846. The number of carbonyl (C=O) groups is 2. The molecule has 2 amide bonds. The van der Waals surface area contributed by atoms with E-state index in [-0.39, 0.29) is 10.7 Å². The Labute approximate surface area is 167 Å². The molecule has 0 aliphatic rings. The van der Waals surface area contributed by atoms with E-state index in [4.69, 9.17) is 11.6 Å². The van der Waals surface area contributed by atoms with Gasteiger partial charge in [-0.25, -0.2) is 5.43 Å².